The fourth-order valence-electron chi connectivity index (χ4n) is 3.99. The number of anilines is 1. The van der Waals surface area contributed by atoms with E-state index in [-0.39, 0.29) is 24.0 Å². The average Bonchev–Trinajstić information content (AvgIpc) is 3.45. The number of hydrogen-bond donors (Lipinski definition) is 2. The van der Waals surface area contributed by atoms with E-state index in [1.165, 1.54) is 11.3 Å². The fourth-order valence-corrected chi connectivity index (χ4v) is 3.99. The van der Waals surface area contributed by atoms with Crippen LogP contribution in [0.2, 0.25) is 0 Å². The molecule has 4 rings (SSSR count). The highest BCUT2D eigenvalue weighted by Crippen LogP contribution is 2.33. The van der Waals surface area contributed by atoms with Gasteiger partial charge in [-0.2, -0.15) is 0 Å². The number of ether oxygens (including phenoxy) is 3. The molecule has 1 saturated heterocycles. The van der Waals surface area contributed by atoms with Crippen LogP contribution in [0.25, 0.3) is 0 Å². The van der Waals surface area contributed by atoms with Gasteiger partial charge < -0.3 is 29.7 Å². The first-order valence-corrected chi connectivity index (χ1v) is 10.5. The number of halogens is 1. The summed E-state index contributed by atoms with van der Waals surface area (Å²) in [5, 5.41) is 6.88. The van der Waals surface area contributed by atoms with Gasteiger partial charge in [-0.25, -0.2) is 0 Å². The zero-order chi connectivity index (χ0) is 20.8. The van der Waals surface area contributed by atoms with Crippen molar-refractivity contribution in [1.82, 2.24) is 10.6 Å². The third-order valence-corrected chi connectivity index (χ3v) is 5.64. The summed E-state index contributed by atoms with van der Waals surface area (Å²) < 4.78 is 16.3. The molecule has 8 heteroatoms. The van der Waals surface area contributed by atoms with Crippen molar-refractivity contribution in [2.45, 2.75) is 12.8 Å². The van der Waals surface area contributed by atoms with Crippen LogP contribution in [0.15, 0.2) is 47.5 Å². The van der Waals surface area contributed by atoms with Gasteiger partial charge in [0.25, 0.3) is 0 Å². The highest BCUT2D eigenvalue weighted by Gasteiger charge is 2.24. The zero-order valence-corrected chi connectivity index (χ0v) is 20.4. The molecule has 0 bridgehead atoms. The Hall–Kier alpha value is -2.36. The lowest BCUT2D eigenvalue weighted by atomic mass is 10.1. The molecule has 2 heterocycles. The van der Waals surface area contributed by atoms with Crippen molar-refractivity contribution in [2.24, 2.45) is 10.9 Å². The van der Waals surface area contributed by atoms with Crippen molar-refractivity contribution in [3.8, 4) is 17.2 Å². The van der Waals surface area contributed by atoms with E-state index in [9.17, 15) is 0 Å². The lowest BCUT2D eigenvalue weighted by Crippen LogP contribution is -2.41. The number of rotatable bonds is 7. The molecule has 0 radical (unpaired) electrons. The van der Waals surface area contributed by atoms with E-state index >= 15 is 0 Å². The van der Waals surface area contributed by atoms with Crippen molar-refractivity contribution >= 4 is 35.6 Å². The SMILES string of the molecule is CN=C(NCCc1ccc2c(c1)OCO2)NCC1CCN(c2ccccc2OC)C1.I. The van der Waals surface area contributed by atoms with Crippen LogP contribution >= 0.6 is 24.0 Å². The van der Waals surface area contributed by atoms with Crippen LogP contribution in [0.1, 0.15) is 12.0 Å². The Labute approximate surface area is 201 Å². The van der Waals surface area contributed by atoms with Crippen LogP contribution in [0.3, 0.4) is 0 Å². The number of hydrogen-bond acceptors (Lipinski definition) is 5. The number of benzene rings is 2. The predicted molar refractivity (Wildman–Crippen MR) is 134 cm³/mol. The van der Waals surface area contributed by atoms with Crippen LogP contribution in [0.4, 0.5) is 5.69 Å². The summed E-state index contributed by atoms with van der Waals surface area (Å²) in [7, 11) is 3.54. The van der Waals surface area contributed by atoms with Gasteiger partial charge in [0.2, 0.25) is 6.79 Å². The first-order valence-electron chi connectivity index (χ1n) is 10.5. The fraction of sp³-hybridized carbons (Fsp3) is 0.435. The second kappa shape index (κ2) is 11.3. The van der Waals surface area contributed by atoms with Gasteiger partial charge >= 0.3 is 0 Å². The Morgan fingerprint density at radius 3 is 2.84 bits per heavy atom. The van der Waals surface area contributed by atoms with E-state index in [4.69, 9.17) is 14.2 Å². The van der Waals surface area contributed by atoms with Gasteiger partial charge in [-0.15, -0.1) is 24.0 Å². The summed E-state index contributed by atoms with van der Waals surface area (Å²) in [6.45, 7) is 4.07. The summed E-state index contributed by atoms with van der Waals surface area (Å²) >= 11 is 0. The van der Waals surface area contributed by atoms with Gasteiger partial charge in [0, 0.05) is 33.2 Å². The molecule has 2 aromatic rings. The van der Waals surface area contributed by atoms with Crippen LogP contribution < -0.4 is 29.7 Å². The Morgan fingerprint density at radius 2 is 2.00 bits per heavy atom. The Bertz CT molecular complexity index is 893. The average molecular weight is 538 g/mol. The van der Waals surface area contributed by atoms with Gasteiger partial charge in [-0.3, -0.25) is 4.99 Å². The second-order valence-electron chi connectivity index (χ2n) is 7.59. The Balaban J connectivity index is 0.00000272. The molecule has 0 aromatic heterocycles. The molecule has 0 spiro atoms. The maximum Gasteiger partial charge on any atom is 0.231 e. The minimum Gasteiger partial charge on any atom is -0.495 e. The molecule has 1 fully saturated rings. The molecule has 7 nitrogen and oxygen atoms in total. The first-order chi connectivity index (χ1) is 14.8. The van der Waals surface area contributed by atoms with Crippen molar-refractivity contribution in [1.29, 1.82) is 0 Å². The van der Waals surface area contributed by atoms with Gasteiger partial charge in [0.05, 0.1) is 12.8 Å². The minimum absolute atomic E-state index is 0. The molecule has 1 unspecified atom stereocenters. The summed E-state index contributed by atoms with van der Waals surface area (Å²) in [5.41, 5.74) is 2.39. The Kier molecular flexibility index (Phi) is 8.51. The third kappa shape index (κ3) is 5.87. The van der Waals surface area contributed by atoms with E-state index in [1.807, 2.05) is 31.3 Å². The molecular formula is C23H31IN4O3. The highest BCUT2D eigenvalue weighted by atomic mass is 127. The van der Waals surface area contributed by atoms with Crippen LogP contribution in [-0.4, -0.2) is 53.1 Å². The topological polar surface area (TPSA) is 67.4 Å². The van der Waals surface area contributed by atoms with Crippen LogP contribution in [0, 0.1) is 5.92 Å². The van der Waals surface area contributed by atoms with Gasteiger partial charge in [0.15, 0.2) is 17.5 Å². The van der Waals surface area contributed by atoms with E-state index in [2.05, 4.69) is 38.7 Å². The van der Waals surface area contributed by atoms with Crippen molar-refractivity contribution in [3.05, 3.63) is 48.0 Å². The van der Waals surface area contributed by atoms with E-state index < -0.39 is 0 Å². The van der Waals surface area contributed by atoms with Crippen LogP contribution in [0.5, 0.6) is 17.2 Å². The molecule has 168 valence electrons. The lowest BCUT2D eigenvalue weighted by molar-refractivity contribution is 0.174. The number of para-hydroxylation sites is 2. The van der Waals surface area contributed by atoms with E-state index in [0.29, 0.717) is 12.7 Å². The number of nitrogens with one attached hydrogen (secondary N) is 2. The molecule has 1 atom stereocenters. The number of fused-ring (bicyclic) bond motifs is 1. The van der Waals surface area contributed by atoms with Gasteiger partial charge in [-0.05, 0) is 48.6 Å². The zero-order valence-electron chi connectivity index (χ0n) is 18.1. The maximum absolute atomic E-state index is 5.51. The summed E-state index contributed by atoms with van der Waals surface area (Å²) in [5.74, 6) is 4.00. The maximum atomic E-state index is 5.51. The monoisotopic (exact) mass is 538 g/mol. The normalized spacial score (nSPS) is 17.3. The quantitative estimate of drug-likeness (QED) is 0.321. The molecule has 31 heavy (non-hydrogen) atoms. The Morgan fingerprint density at radius 1 is 1.16 bits per heavy atom. The highest BCUT2D eigenvalue weighted by molar-refractivity contribution is 14.0. The van der Waals surface area contributed by atoms with Gasteiger partial charge in [-0.1, -0.05) is 18.2 Å². The molecule has 2 aromatic carbocycles. The number of nitrogens with zero attached hydrogens (tertiary/aromatic N) is 2. The summed E-state index contributed by atoms with van der Waals surface area (Å²) in [6.07, 6.45) is 2.04. The second-order valence-corrected chi connectivity index (χ2v) is 7.59. The number of guanidine groups is 1. The van der Waals surface area contributed by atoms with Crippen LogP contribution in [-0.2, 0) is 6.42 Å². The smallest absolute Gasteiger partial charge is 0.231 e. The standard InChI is InChI=1S/C23H30N4O3.HI/c1-24-23(25-11-9-17-7-8-21-22(13-17)30-16-29-21)26-14-18-10-12-27(15-18)19-5-3-4-6-20(19)28-2;/h3-8,13,18H,9-12,14-16H2,1-2H3,(H2,24,25,26);1H. The predicted octanol–water partition coefficient (Wildman–Crippen LogP) is 3.28. The third-order valence-electron chi connectivity index (χ3n) is 5.64. The van der Waals surface area contributed by atoms with Gasteiger partial charge in [0.1, 0.15) is 5.75 Å². The lowest BCUT2D eigenvalue weighted by Gasteiger charge is -2.21. The van der Waals surface area contributed by atoms with Crippen molar-refractivity contribution in [3.63, 3.8) is 0 Å². The number of aliphatic imine (C=N–C) groups is 1. The minimum atomic E-state index is 0. The first kappa shape index (κ1) is 23.3. The molecule has 2 aliphatic heterocycles. The van der Waals surface area contributed by atoms with E-state index in [0.717, 1.165) is 62.2 Å². The van der Waals surface area contributed by atoms with Crippen molar-refractivity contribution in [2.75, 3.05) is 52.0 Å². The molecule has 0 aliphatic carbocycles. The summed E-state index contributed by atoms with van der Waals surface area (Å²) in [6, 6.07) is 14.3. The van der Waals surface area contributed by atoms with Crippen molar-refractivity contribution < 1.29 is 14.2 Å². The molecule has 2 aliphatic rings. The molecular weight excluding hydrogens is 507 g/mol. The molecule has 2 N–H and O–H groups in total. The molecule has 0 saturated carbocycles. The largest absolute Gasteiger partial charge is 0.495 e. The van der Waals surface area contributed by atoms with E-state index in [1.54, 1.807) is 7.11 Å². The summed E-state index contributed by atoms with van der Waals surface area (Å²) in [4.78, 5) is 6.76. The number of methoxy groups -OCH3 is 1. The molecule has 0 amide bonds.